The van der Waals surface area contributed by atoms with Crippen molar-refractivity contribution in [2.75, 3.05) is 5.75 Å². The van der Waals surface area contributed by atoms with E-state index in [0.717, 1.165) is 6.42 Å². The molecule has 2 N–H and O–H groups in total. The molecule has 0 rings (SSSR count). The second-order valence-corrected chi connectivity index (χ2v) is 7.62. The van der Waals surface area contributed by atoms with Crippen molar-refractivity contribution < 1.29 is 17.8 Å². The molecular weight excluding hydrogens is 254 g/mol. The zero-order valence-corrected chi connectivity index (χ0v) is 12.9. The normalized spacial score (nSPS) is 15.3. The van der Waals surface area contributed by atoms with E-state index in [0.29, 0.717) is 0 Å². The molecule has 0 aliphatic heterocycles. The van der Waals surface area contributed by atoms with E-state index in [9.17, 15) is 13.2 Å². The predicted octanol–water partition coefficient (Wildman–Crippen LogP) is 1.84. The Kier molecular flexibility index (Phi) is 5.38. The molecule has 0 aromatic carbocycles. The van der Waals surface area contributed by atoms with Gasteiger partial charge in [-0.1, -0.05) is 34.1 Å². The van der Waals surface area contributed by atoms with Crippen molar-refractivity contribution >= 4 is 16.0 Å². The summed E-state index contributed by atoms with van der Waals surface area (Å²) >= 11 is 0. The van der Waals surface area contributed by atoms with Gasteiger partial charge < -0.3 is 5.32 Å². The van der Waals surface area contributed by atoms with Gasteiger partial charge in [0.15, 0.2) is 0 Å². The van der Waals surface area contributed by atoms with E-state index in [1.54, 1.807) is 13.8 Å². The first-order chi connectivity index (χ1) is 7.81. The minimum atomic E-state index is -4.11. The number of hydrogen-bond acceptors (Lipinski definition) is 3. The molecule has 18 heavy (non-hydrogen) atoms. The van der Waals surface area contributed by atoms with Crippen LogP contribution in [0, 0.1) is 11.3 Å². The average Bonchev–Trinajstić information content (AvgIpc) is 2.11. The third-order valence-corrected chi connectivity index (χ3v) is 4.57. The zero-order chi connectivity index (χ0) is 14.8. The third-order valence-electron chi connectivity index (χ3n) is 3.48. The highest BCUT2D eigenvalue weighted by Gasteiger charge is 2.34. The van der Waals surface area contributed by atoms with Gasteiger partial charge in [-0.3, -0.25) is 9.35 Å². The number of nitrogens with one attached hydrogen (secondary N) is 1. The van der Waals surface area contributed by atoms with E-state index in [4.69, 9.17) is 4.55 Å². The lowest BCUT2D eigenvalue weighted by atomic mass is 9.77. The van der Waals surface area contributed by atoms with Crippen molar-refractivity contribution in [3.63, 3.8) is 0 Å². The topological polar surface area (TPSA) is 83.5 Å². The fourth-order valence-electron chi connectivity index (χ4n) is 1.59. The van der Waals surface area contributed by atoms with Gasteiger partial charge in [0.05, 0.1) is 11.3 Å². The van der Waals surface area contributed by atoms with Gasteiger partial charge in [-0.05, 0) is 19.3 Å². The summed E-state index contributed by atoms with van der Waals surface area (Å²) in [5, 5.41) is 2.67. The molecule has 1 atom stereocenters. The summed E-state index contributed by atoms with van der Waals surface area (Å²) in [7, 11) is -4.11. The number of rotatable bonds is 6. The Labute approximate surface area is 110 Å². The predicted molar refractivity (Wildman–Crippen MR) is 71.9 cm³/mol. The molecule has 0 aromatic heterocycles. The fourth-order valence-corrected chi connectivity index (χ4v) is 2.58. The molecule has 1 unspecified atom stereocenters. The maximum absolute atomic E-state index is 12.1. The van der Waals surface area contributed by atoms with Gasteiger partial charge in [-0.15, -0.1) is 0 Å². The van der Waals surface area contributed by atoms with E-state index in [2.05, 4.69) is 5.32 Å². The Bertz CT molecular complexity index is 398. The number of amides is 1. The van der Waals surface area contributed by atoms with Crippen molar-refractivity contribution in [3.8, 4) is 0 Å². The van der Waals surface area contributed by atoms with Gasteiger partial charge in [0.1, 0.15) is 0 Å². The van der Waals surface area contributed by atoms with Crippen LogP contribution < -0.4 is 5.32 Å². The van der Waals surface area contributed by atoms with E-state index < -0.39 is 21.4 Å². The summed E-state index contributed by atoms with van der Waals surface area (Å²) < 4.78 is 30.5. The highest BCUT2D eigenvalue weighted by molar-refractivity contribution is 7.85. The third kappa shape index (κ3) is 5.82. The van der Waals surface area contributed by atoms with Crippen LogP contribution in [0.15, 0.2) is 0 Å². The maximum Gasteiger partial charge on any atom is 0.267 e. The van der Waals surface area contributed by atoms with Gasteiger partial charge in [0.25, 0.3) is 10.1 Å². The first-order valence-electron chi connectivity index (χ1n) is 6.08. The molecule has 0 fully saturated rings. The Balaban J connectivity index is 4.76. The van der Waals surface area contributed by atoms with Crippen LogP contribution in [0.1, 0.15) is 48.0 Å². The van der Waals surface area contributed by atoms with E-state index in [1.807, 2.05) is 27.7 Å². The molecular formula is C12H25NO4S. The molecule has 0 aliphatic carbocycles. The first kappa shape index (κ1) is 17.4. The van der Waals surface area contributed by atoms with E-state index >= 15 is 0 Å². The van der Waals surface area contributed by atoms with E-state index in [1.165, 1.54) is 0 Å². The molecule has 0 radical (unpaired) electrons. The fraction of sp³-hybridized carbons (Fsp3) is 0.917. The van der Waals surface area contributed by atoms with Gasteiger partial charge >= 0.3 is 0 Å². The zero-order valence-electron chi connectivity index (χ0n) is 12.1. The number of hydrogen-bond donors (Lipinski definition) is 2. The molecule has 0 heterocycles. The van der Waals surface area contributed by atoms with E-state index in [-0.39, 0.29) is 17.2 Å². The van der Waals surface area contributed by atoms with Gasteiger partial charge in [-0.25, -0.2) is 0 Å². The standard InChI is InChI=1S/C12H25NO4S/c1-7-11(3,4)9(2)10(14)13-12(5,6)8-18(15,16)17/h9H,7-8H2,1-6H3,(H,13,14)(H,15,16,17). The van der Waals surface area contributed by atoms with Gasteiger partial charge in [-0.2, -0.15) is 8.42 Å². The van der Waals surface area contributed by atoms with Crippen molar-refractivity contribution in [2.45, 2.75) is 53.5 Å². The molecule has 5 nitrogen and oxygen atoms in total. The van der Waals surface area contributed by atoms with Crippen LogP contribution >= 0.6 is 0 Å². The highest BCUT2D eigenvalue weighted by Crippen LogP contribution is 2.30. The second-order valence-electron chi connectivity index (χ2n) is 6.16. The summed E-state index contributed by atoms with van der Waals surface area (Å²) in [6.07, 6.45) is 0.848. The summed E-state index contributed by atoms with van der Waals surface area (Å²) in [4.78, 5) is 12.1. The molecule has 108 valence electrons. The number of carbonyl (C=O) groups is 1. The molecule has 0 aromatic rings. The summed E-state index contributed by atoms with van der Waals surface area (Å²) in [5.74, 6) is -0.927. The van der Waals surface area contributed by atoms with Gasteiger partial charge in [0.2, 0.25) is 5.91 Å². The highest BCUT2D eigenvalue weighted by atomic mass is 32.2. The molecule has 0 aliphatic rings. The Morgan fingerprint density at radius 3 is 2.06 bits per heavy atom. The first-order valence-corrected chi connectivity index (χ1v) is 7.69. The van der Waals surface area contributed by atoms with Gasteiger partial charge in [0, 0.05) is 5.92 Å². The quantitative estimate of drug-likeness (QED) is 0.727. The molecule has 1 amide bonds. The molecule has 0 spiro atoms. The van der Waals surface area contributed by atoms with Crippen LogP contribution in [-0.2, 0) is 14.9 Å². The molecule has 0 bridgehead atoms. The number of carbonyl (C=O) groups excluding carboxylic acids is 1. The smallest absolute Gasteiger partial charge is 0.267 e. The molecule has 0 saturated heterocycles. The van der Waals surface area contributed by atoms with Crippen molar-refractivity contribution in [3.05, 3.63) is 0 Å². The minimum absolute atomic E-state index is 0.155. The molecule has 6 heteroatoms. The van der Waals surface area contributed by atoms with Crippen molar-refractivity contribution in [1.29, 1.82) is 0 Å². The van der Waals surface area contributed by atoms with Crippen LogP contribution in [0.3, 0.4) is 0 Å². The summed E-state index contributed by atoms with van der Waals surface area (Å²) in [5.41, 5.74) is -1.14. The lowest BCUT2D eigenvalue weighted by molar-refractivity contribution is -0.129. The monoisotopic (exact) mass is 279 g/mol. The SMILES string of the molecule is CCC(C)(C)C(C)C(=O)NC(C)(C)CS(=O)(=O)O. The lowest BCUT2D eigenvalue weighted by Gasteiger charge is -2.33. The Morgan fingerprint density at radius 2 is 1.72 bits per heavy atom. The van der Waals surface area contributed by atoms with Crippen LogP contribution in [-0.4, -0.2) is 30.2 Å². The maximum atomic E-state index is 12.1. The Hall–Kier alpha value is -0.620. The minimum Gasteiger partial charge on any atom is -0.350 e. The average molecular weight is 279 g/mol. The Morgan fingerprint density at radius 1 is 1.28 bits per heavy atom. The second kappa shape index (κ2) is 5.57. The van der Waals surface area contributed by atoms with Crippen molar-refractivity contribution in [2.24, 2.45) is 11.3 Å². The van der Waals surface area contributed by atoms with Crippen LogP contribution in [0.25, 0.3) is 0 Å². The van der Waals surface area contributed by atoms with Crippen LogP contribution in [0.5, 0.6) is 0 Å². The van der Waals surface area contributed by atoms with Crippen LogP contribution in [0.2, 0.25) is 0 Å². The van der Waals surface area contributed by atoms with Crippen molar-refractivity contribution in [1.82, 2.24) is 5.32 Å². The largest absolute Gasteiger partial charge is 0.350 e. The lowest BCUT2D eigenvalue weighted by Crippen LogP contribution is -2.51. The summed E-state index contributed by atoms with van der Waals surface area (Å²) in [6.45, 7) is 11.0. The molecule has 0 saturated carbocycles. The van der Waals surface area contributed by atoms with Crippen LogP contribution in [0.4, 0.5) is 0 Å². The summed E-state index contributed by atoms with van der Waals surface area (Å²) in [6, 6.07) is 0.